The first kappa shape index (κ1) is 21.9. The monoisotopic (exact) mass is 478 g/mol. The lowest BCUT2D eigenvalue weighted by Crippen LogP contribution is -2.71. The Morgan fingerprint density at radius 3 is 2.69 bits per heavy atom. The fourth-order valence-electron chi connectivity index (χ4n) is 3.30. The minimum atomic E-state index is -1.24. The zero-order valence-corrected chi connectivity index (χ0v) is 17.9. The summed E-state index contributed by atoms with van der Waals surface area (Å²) in [5, 5.41) is 32.1. The number of aromatic hydroxyl groups is 1. The molecule has 2 amide bonds. The van der Waals surface area contributed by atoms with Gasteiger partial charge in [-0.25, -0.2) is 4.79 Å². The van der Waals surface area contributed by atoms with Gasteiger partial charge in [-0.2, -0.15) is 0 Å². The van der Waals surface area contributed by atoms with Gasteiger partial charge >= 0.3 is 5.97 Å². The smallest absolute Gasteiger partial charge is 0.352 e. The van der Waals surface area contributed by atoms with Gasteiger partial charge in [-0.15, -0.1) is 16.6 Å². The molecule has 1 aromatic carbocycles. The first-order chi connectivity index (χ1) is 15.3. The lowest BCUT2D eigenvalue weighted by Gasteiger charge is -2.49. The molecule has 4 rings (SSSR count). The predicted octanol–water partition coefficient (Wildman–Crippen LogP) is -1.38. The molecular weight excluding hydrogens is 460 g/mol. The van der Waals surface area contributed by atoms with Crippen molar-refractivity contribution in [3.8, 4) is 5.75 Å². The molecule has 0 bridgehead atoms. The maximum Gasteiger partial charge on any atom is 0.352 e. The zero-order valence-electron chi connectivity index (χ0n) is 16.3. The van der Waals surface area contributed by atoms with Crippen molar-refractivity contribution in [2.75, 3.05) is 17.3 Å². The number of phenolic OH excluding ortho intramolecular Hbond substituents is 1. The lowest BCUT2D eigenvalue weighted by atomic mass is 10.0. The normalized spacial score (nSPS) is 21.0. The number of aromatic nitrogens is 4. The zero-order chi connectivity index (χ0) is 23.0. The standard InChI is InChI=1S/C17H18N8O5S2/c18-10(7-1-3-9(26)4-2-7)13(27)20-11-14(28)24-12(16(29)30)8(5-31-15(11)24)6-32-17-21-22-23-25(17)19/h1-4,10-11,15,26H,5-6,18-19H2,(H,20,27)(H,29,30)/t10?,11-,15-/m1/s1. The van der Waals surface area contributed by atoms with E-state index in [4.69, 9.17) is 11.6 Å². The number of amides is 2. The van der Waals surface area contributed by atoms with Crippen LogP contribution in [0.4, 0.5) is 0 Å². The molecular formula is C17H18N8O5S2. The summed E-state index contributed by atoms with van der Waals surface area (Å²) in [4.78, 5) is 39.4. The van der Waals surface area contributed by atoms with Crippen LogP contribution < -0.4 is 16.9 Å². The van der Waals surface area contributed by atoms with E-state index in [1.165, 1.54) is 40.9 Å². The van der Waals surface area contributed by atoms with Gasteiger partial charge < -0.3 is 27.1 Å². The van der Waals surface area contributed by atoms with Gasteiger partial charge in [-0.3, -0.25) is 14.5 Å². The van der Waals surface area contributed by atoms with Crippen LogP contribution in [0.1, 0.15) is 11.6 Å². The number of thioether (sulfide) groups is 2. The Morgan fingerprint density at radius 1 is 1.34 bits per heavy atom. The van der Waals surface area contributed by atoms with Crippen LogP contribution in [-0.2, 0) is 14.4 Å². The van der Waals surface area contributed by atoms with Gasteiger partial charge in [0.2, 0.25) is 11.1 Å². The van der Waals surface area contributed by atoms with E-state index in [-0.39, 0.29) is 17.2 Å². The Balaban J connectivity index is 1.45. The molecule has 1 aromatic heterocycles. The molecule has 0 radical (unpaired) electrons. The number of β-lactam (4-membered cyclic amide) rings is 1. The summed E-state index contributed by atoms with van der Waals surface area (Å²) in [6, 6.07) is 3.89. The fourth-order valence-corrected chi connectivity index (χ4v) is 5.58. The highest BCUT2D eigenvalue weighted by Crippen LogP contribution is 2.41. The highest BCUT2D eigenvalue weighted by Gasteiger charge is 2.54. The highest BCUT2D eigenvalue weighted by atomic mass is 32.2. The number of hydrogen-bond acceptors (Lipinski definition) is 11. The number of nitrogen functional groups attached to an aromatic ring is 1. The van der Waals surface area contributed by atoms with E-state index < -0.39 is 35.2 Å². The van der Waals surface area contributed by atoms with Gasteiger partial charge in [0.15, 0.2) is 0 Å². The van der Waals surface area contributed by atoms with Crippen LogP contribution in [0.25, 0.3) is 0 Å². The SMILES string of the molecule is NC(C(=O)N[C@@H]1C(=O)N2C(C(=O)O)=C(CSc3nnnn3N)CS[C@H]12)c1ccc(O)cc1. The molecule has 2 aliphatic heterocycles. The molecule has 15 heteroatoms. The maximum absolute atomic E-state index is 12.7. The number of rotatable bonds is 7. The number of hydrogen-bond donors (Lipinski definition) is 5. The molecule has 0 spiro atoms. The van der Waals surface area contributed by atoms with Crippen LogP contribution >= 0.6 is 23.5 Å². The third kappa shape index (κ3) is 3.96. The number of benzene rings is 1. The van der Waals surface area contributed by atoms with Gasteiger partial charge in [0.05, 0.1) is 0 Å². The molecule has 168 valence electrons. The van der Waals surface area contributed by atoms with E-state index >= 15 is 0 Å². The Labute approximate surface area is 189 Å². The van der Waals surface area contributed by atoms with Crippen LogP contribution in [0.15, 0.2) is 40.7 Å². The van der Waals surface area contributed by atoms with Gasteiger partial charge in [0.25, 0.3) is 5.91 Å². The summed E-state index contributed by atoms with van der Waals surface area (Å²) in [7, 11) is 0. The van der Waals surface area contributed by atoms with Crippen LogP contribution in [0, 0.1) is 0 Å². The number of carboxylic acids is 1. The summed E-state index contributed by atoms with van der Waals surface area (Å²) >= 11 is 2.49. The van der Waals surface area contributed by atoms with E-state index in [0.29, 0.717) is 22.0 Å². The van der Waals surface area contributed by atoms with Crippen molar-refractivity contribution in [2.45, 2.75) is 22.6 Å². The van der Waals surface area contributed by atoms with Crippen molar-refractivity contribution < 1.29 is 24.6 Å². The van der Waals surface area contributed by atoms with Crippen LogP contribution in [0.3, 0.4) is 0 Å². The van der Waals surface area contributed by atoms with Crippen LogP contribution in [0.5, 0.6) is 5.75 Å². The summed E-state index contributed by atoms with van der Waals surface area (Å²) in [6.45, 7) is 0. The van der Waals surface area contributed by atoms with Gasteiger partial charge in [0, 0.05) is 11.5 Å². The second kappa shape index (κ2) is 8.68. The Bertz CT molecular complexity index is 1100. The third-order valence-corrected chi connectivity index (χ3v) is 7.28. The van der Waals surface area contributed by atoms with Crippen molar-refractivity contribution in [3.63, 3.8) is 0 Å². The highest BCUT2D eigenvalue weighted by molar-refractivity contribution is 8.01. The van der Waals surface area contributed by atoms with Crippen molar-refractivity contribution in [3.05, 3.63) is 41.1 Å². The number of phenols is 1. The number of aliphatic carboxylic acids is 1. The quantitative estimate of drug-likeness (QED) is 0.178. The number of nitrogens with one attached hydrogen (secondary N) is 1. The number of nitrogens with zero attached hydrogens (tertiary/aromatic N) is 5. The summed E-state index contributed by atoms with van der Waals surface area (Å²) < 4.78 is 0. The van der Waals surface area contributed by atoms with E-state index in [2.05, 4.69) is 20.8 Å². The van der Waals surface area contributed by atoms with E-state index in [9.17, 15) is 24.6 Å². The van der Waals surface area contributed by atoms with Gasteiger partial charge in [-0.05, 0) is 33.7 Å². The molecule has 1 unspecified atom stereocenters. The van der Waals surface area contributed by atoms with E-state index in [1.54, 1.807) is 0 Å². The number of carboxylic acid groups (broad SMARTS) is 1. The lowest BCUT2D eigenvalue weighted by molar-refractivity contribution is -0.150. The average molecular weight is 479 g/mol. The van der Waals surface area contributed by atoms with Crippen LogP contribution in [-0.4, -0.2) is 76.1 Å². The fraction of sp³-hybridized carbons (Fsp3) is 0.294. The molecule has 13 nitrogen and oxygen atoms in total. The molecule has 3 atom stereocenters. The minimum absolute atomic E-state index is 0.0368. The molecule has 2 aliphatic rings. The summed E-state index contributed by atoms with van der Waals surface area (Å²) in [5.74, 6) is 3.82. The van der Waals surface area contributed by atoms with Crippen molar-refractivity contribution in [1.82, 2.24) is 30.5 Å². The number of carbonyl (C=O) groups excluding carboxylic acids is 2. The summed E-state index contributed by atoms with van der Waals surface area (Å²) in [5.41, 5.74) is 6.83. The molecule has 2 aromatic rings. The number of carbonyl (C=O) groups is 3. The second-order valence-electron chi connectivity index (χ2n) is 6.92. The molecule has 0 aliphatic carbocycles. The molecule has 7 N–H and O–H groups in total. The summed E-state index contributed by atoms with van der Waals surface area (Å²) in [6.07, 6.45) is 0. The van der Waals surface area contributed by atoms with Crippen molar-refractivity contribution in [2.24, 2.45) is 5.73 Å². The number of tetrazole rings is 1. The molecule has 1 saturated heterocycles. The predicted molar refractivity (Wildman–Crippen MR) is 113 cm³/mol. The first-order valence-electron chi connectivity index (χ1n) is 9.19. The van der Waals surface area contributed by atoms with E-state index in [0.717, 1.165) is 16.6 Å². The number of nitrogens with two attached hydrogens (primary N) is 2. The first-order valence-corrected chi connectivity index (χ1v) is 11.2. The van der Waals surface area contributed by atoms with Crippen molar-refractivity contribution in [1.29, 1.82) is 0 Å². The average Bonchev–Trinajstić information content (AvgIpc) is 3.19. The molecule has 3 heterocycles. The van der Waals surface area contributed by atoms with Gasteiger partial charge in [0.1, 0.15) is 28.9 Å². The minimum Gasteiger partial charge on any atom is -0.508 e. The molecule has 32 heavy (non-hydrogen) atoms. The molecule has 1 fully saturated rings. The second-order valence-corrected chi connectivity index (χ2v) is 8.96. The van der Waals surface area contributed by atoms with Crippen LogP contribution in [0.2, 0.25) is 0 Å². The van der Waals surface area contributed by atoms with Crippen molar-refractivity contribution >= 4 is 41.3 Å². The van der Waals surface area contributed by atoms with Gasteiger partial charge in [-0.1, -0.05) is 29.0 Å². The molecule has 0 saturated carbocycles. The largest absolute Gasteiger partial charge is 0.508 e. The third-order valence-electron chi connectivity index (χ3n) is 4.92. The maximum atomic E-state index is 12.7. The Morgan fingerprint density at radius 2 is 2.06 bits per heavy atom. The Kier molecular flexibility index (Phi) is 5.94. The number of fused-ring (bicyclic) bond motifs is 1. The topological polar surface area (TPSA) is 203 Å². The Hall–Kier alpha value is -3.30. The van der Waals surface area contributed by atoms with E-state index in [1.807, 2.05) is 0 Å².